The van der Waals surface area contributed by atoms with Gasteiger partial charge in [0, 0.05) is 4.47 Å². The first-order valence-corrected chi connectivity index (χ1v) is 8.12. The number of halogens is 1. The molecule has 0 saturated heterocycles. The average Bonchev–Trinajstić information content (AvgIpc) is 2.62. The summed E-state index contributed by atoms with van der Waals surface area (Å²) in [6, 6.07) is 14.1. The smallest absolute Gasteiger partial charge is 0.329 e. The largest absolute Gasteiger partial charge is 0.490 e. The maximum Gasteiger partial charge on any atom is 0.329 e. The Morgan fingerprint density at radius 3 is 2.52 bits per heavy atom. The minimum absolute atomic E-state index is 0.427. The number of anilines is 1. The molecule has 0 aliphatic heterocycles. The molecule has 2 amide bonds. The van der Waals surface area contributed by atoms with Crippen LogP contribution in [0.5, 0.6) is 5.75 Å². The number of hydrogen-bond acceptors (Lipinski definition) is 4. The fourth-order valence-corrected chi connectivity index (χ4v) is 2.15. The molecule has 0 spiro atoms. The standard InChI is InChI=1S/C18H16BrN3O3/c1-2-11-25-14-9-7-13(8-10-14)12-20-22-18(24)17(23)21-16-6-4-3-5-15(16)19/h2-10,12H,1,11H2,(H,21,23)(H,22,24)/b20-12-. The van der Waals surface area contributed by atoms with Gasteiger partial charge in [0.25, 0.3) is 0 Å². The minimum atomic E-state index is -0.863. The van der Waals surface area contributed by atoms with Crippen LogP contribution >= 0.6 is 15.9 Å². The molecule has 0 radical (unpaired) electrons. The zero-order valence-corrected chi connectivity index (χ0v) is 14.8. The summed E-state index contributed by atoms with van der Waals surface area (Å²) in [4.78, 5) is 23.5. The molecule has 0 aliphatic carbocycles. The first-order chi connectivity index (χ1) is 12.1. The van der Waals surface area contributed by atoms with E-state index in [1.165, 1.54) is 6.21 Å². The van der Waals surface area contributed by atoms with E-state index in [1.54, 1.807) is 54.6 Å². The topological polar surface area (TPSA) is 79.8 Å². The number of benzene rings is 2. The van der Waals surface area contributed by atoms with Crippen LogP contribution in [0.2, 0.25) is 0 Å². The summed E-state index contributed by atoms with van der Waals surface area (Å²) < 4.78 is 6.04. The lowest BCUT2D eigenvalue weighted by molar-refractivity contribution is -0.136. The summed E-state index contributed by atoms with van der Waals surface area (Å²) in [5, 5.41) is 6.25. The number of para-hydroxylation sites is 1. The van der Waals surface area contributed by atoms with Crippen molar-refractivity contribution in [3.8, 4) is 5.75 Å². The van der Waals surface area contributed by atoms with Crippen LogP contribution in [0.4, 0.5) is 5.69 Å². The highest BCUT2D eigenvalue weighted by Crippen LogP contribution is 2.20. The summed E-state index contributed by atoms with van der Waals surface area (Å²) in [5.74, 6) is -0.968. The molecular formula is C18H16BrN3O3. The summed E-state index contributed by atoms with van der Waals surface area (Å²) in [7, 11) is 0. The van der Waals surface area contributed by atoms with Gasteiger partial charge in [-0.25, -0.2) is 5.43 Å². The Balaban J connectivity index is 1.86. The monoisotopic (exact) mass is 401 g/mol. The maximum atomic E-state index is 11.8. The van der Waals surface area contributed by atoms with Crippen LogP contribution in [0.3, 0.4) is 0 Å². The SMILES string of the molecule is C=CCOc1ccc(/C=N\NC(=O)C(=O)Nc2ccccc2Br)cc1. The molecule has 2 aromatic carbocycles. The van der Waals surface area contributed by atoms with Crippen molar-refractivity contribution in [2.75, 3.05) is 11.9 Å². The second-order valence-corrected chi connectivity index (χ2v) is 5.66. The van der Waals surface area contributed by atoms with Crippen LogP contribution in [0.1, 0.15) is 5.56 Å². The van der Waals surface area contributed by atoms with E-state index in [0.29, 0.717) is 22.5 Å². The van der Waals surface area contributed by atoms with Gasteiger partial charge in [0.15, 0.2) is 0 Å². The number of nitrogens with one attached hydrogen (secondary N) is 2. The molecule has 0 fully saturated rings. The zero-order valence-electron chi connectivity index (χ0n) is 13.2. The van der Waals surface area contributed by atoms with Crippen LogP contribution < -0.4 is 15.5 Å². The first kappa shape index (κ1) is 18.4. The van der Waals surface area contributed by atoms with Crippen molar-refractivity contribution in [2.24, 2.45) is 5.10 Å². The normalized spacial score (nSPS) is 10.3. The molecule has 0 saturated carbocycles. The number of carbonyl (C=O) groups excluding carboxylic acids is 2. The van der Waals surface area contributed by atoms with E-state index in [-0.39, 0.29) is 0 Å². The third-order valence-corrected chi connectivity index (χ3v) is 3.65. The predicted octanol–water partition coefficient (Wildman–Crippen LogP) is 3.10. The van der Waals surface area contributed by atoms with Gasteiger partial charge in [-0.2, -0.15) is 5.10 Å². The van der Waals surface area contributed by atoms with Crippen LogP contribution in [0.25, 0.3) is 0 Å². The molecule has 128 valence electrons. The van der Waals surface area contributed by atoms with Crippen LogP contribution in [0.15, 0.2) is 70.8 Å². The van der Waals surface area contributed by atoms with Gasteiger partial charge in [-0.3, -0.25) is 9.59 Å². The van der Waals surface area contributed by atoms with Gasteiger partial charge >= 0.3 is 11.8 Å². The van der Waals surface area contributed by atoms with E-state index in [4.69, 9.17) is 4.74 Å². The first-order valence-electron chi connectivity index (χ1n) is 7.33. The molecule has 0 unspecified atom stereocenters. The van der Waals surface area contributed by atoms with Crippen molar-refractivity contribution >= 4 is 39.6 Å². The van der Waals surface area contributed by atoms with Crippen molar-refractivity contribution in [1.82, 2.24) is 5.43 Å². The third-order valence-electron chi connectivity index (χ3n) is 2.96. The van der Waals surface area contributed by atoms with Crippen LogP contribution in [-0.2, 0) is 9.59 Å². The number of carbonyl (C=O) groups is 2. The lowest BCUT2D eigenvalue weighted by atomic mass is 10.2. The molecule has 0 atom stereocenters. The molecule has 7 heteroatoms. The summed E-state index contributed by atoms with van der Waals surface area (Å²) in [6.07, 6.45) is 3.09. The lowest BCUT2D eigenvalue weighted by Crippen LogP contribution is -2.32. The van der Waals surface area contributed by atoms with E-state index >= 15 is 0 Å². The molecule has 0 aromatic heterocycles. The lowest BCUT2D eigenvalue weighted by Gasteiger charge is -2.05. The van der Waals surface area contributed by atoms with Gasteiger partial charge in [0.05, 0.1) is 11.9 Å². The van der Waals surface area contributed by atoms with Gasteiger partial charge in [0.1, 0.15) is 12.4 Å². The highest BCUT2D eigenvalue weighted by Gasteiger charge is 2.13. The minimum Gasteiger partial charge on any atom is -0.490 e. The number of hydrogen-bond donors (Lipinski definition) is 2. The van der Waals surface area contributed by atoms with Crippen molar-refractivity contribution < 1.29 is 14.3 Å². The average molecular weight is 402 g/mol. The van der Waals surface area contributed by atoms with E-state index in [0.717, 1.165) is 5.56 Å². The number of amides is 2. The highest BCUT2D eigenvalue weighted by atomic mass is 79.9. The second-order valence-electron chi connectivity index (χ2n) is 4.80. The Hall–Kier alpha value is -2.93. The van der Waals surface area contributed by atoms with E-state index < -0.39 is 11.8 Å². The van der Waals surface area contributed by atoms with Gasteiger partial charge in [-0.1, -0.05) is 24.8 Å². The van der Waals surface area contributed by atoms with Crippen molar-refractivity contribution in [3.63, 3.8) is 0 Å². The molecule has 6 nitrogen and oxygen atoms in total. The molecule has 0 bridgehead atoms. The van der Waals surface area contributed by atoms with E-state index in [1.807, 2.05) is 0 Å². The number of ether oxygens (including phenoxy) is 1. The molecule has 0 aliphatic rings. The summed E-state index contributed by atoms with van der Waals surface area (Å²) in [5.41, 5.74) is 3.43. The fourth-order valence-electron chi connectivity index (χ4n) is 1.76. The number of nitrogens with zero attached hydrogens (tertiary/aromatic N) is 1. The number of rotatable bonds is 6. The molecule has 0 heterocycles. The Morgan fingerprint density at radius 1 is 1.12 bits per heavy atom. The van der Waals surface area contributed by atoms with Crippen molar-refractivity contribution in [1.29, 1.82) is 0 Å². The Kier molecular flexibility index (Phi) is 6.91. The van der Waals surface area contributed by atoms with Crippen molar-refractivity contribution in [2.45, 2.75) is 0 Å². The predicted molar refractivity (Wildman–Crippen MR) is 101 cm³/mol. The van der Waals surface area contributed by atoms with Gasteiger partial charge in [-0.05, 0) is 57.9 Å². The Morgan fingerprint density at radius 2 is 1.84 bits per heavy atom. The molecule has 2 N–H and O–H groups in total. The second kappa shape index (κ2) is 9.39. The number of hydrazone groups is 1. The molecule has 25 heavy (non-hydrogen) atoms. The third kappa shape index (κ3) is 5.89. The van der Waals surface area contributed by atoms with Crippen LogP contribution in [0, 0.1) is 0 Å². The van der Waals surface area contributed by atoms with E-state index in [2.05, 4.69) is 38.4 Å². The summed E-state index contributed by atoms with van der Waals surface area (Å²) in [6.45, 7) is 4.00. The molecule has 2 aromatic rings. The quantitative estimate of drug-likeness (QED) is 0.337. The summed E-state index contributed by atoms with van der Waals surface area (Å²) >= 11 is 3.29. The van der Waals surface area contributed by atoms with E-state index in [9.17, 15) is 9.59 Å². The van der Waals surface area contributed by atoms with Gasteiger partial charge < -0.3 is 10.1 Å². The molecule has 2 rings (SSSR count). The Labute approximate surface area is 153 Å². The maximum absolute atomic E-state index is 11.8. The Bertz CT molecular complexity index is 788. The van der Waals surface area contributed by atoms with Gasteiger partial charge in [-0.15, -0.1) is 0 Å². The highest BCUT2D eigenvalue weighted by molar-refractivity contribution is 9.10. The zero-order chi connectivity index (χ0) is 18.1. The molecular weight excluding hydrogens is 386 g/mol. The fraction of sp³-hybridized carbons (Fsp3) is 0.0556. The van der Waals surface area contributed by atoms with Crippen molar-refractivity contribution in [3.05, 3.63) is 71.2 Å². The van der Waals surface area contributed by atoms with Crippen LogP contribution in [-0.4, -0.2) is 24.6 Å². The van der Waals surface area contributed by atoms with Gasteiger partial charge in [0.2, 0.25) is 0 Å².